The van der Waals surface area contributed by atoms with Crippen LogP contribution in [-0.4, -0.2) is 16.1 Å². The van der Waals surface area contributed by atoms with E-state index in [0.717, 1.165) is 5.69 Å². The maximum absolute atomic E-state index is 13.3. The fourth-order valence-electron chi connectivity index (χ4n) is 1.63. The molecule has 2 aromatic rings. The first-order valence-electron chi connectivity index (χ1n) is 6.10. The van der Waals surface area contributed by atoms with E-state index in [1.54, 1.807) is 6.07 Å². The lowest BCUT2D eigenvalue weighted by molar-refractivity contribution is 0.102. The molecule has 1 amide bonds. The molecule has 4 nitrogen and oxygen atoms in total. The van der Waals surface area contributed by atoms with Crippen LogP contribution in [0.5, 0.6) is 0 Å². The third kappa shape index (κ3) is 2.99. The predicted molar refractivity (Wildman–Crippen MR) is 76.7 cm³/mol. The topological polar surface area (TPSA) is 57.8 Å². The van der Waals surface area contributed by atoms with Gasteiger partial charge in [0.25, 0.3) is 5.91 Å². The fourth-order valence-corrected chi connectivity index (χ4v) is 1.84. The number of carbonyl (C=O) groups is 1. The number of rotatable bonds is 2. The van der Waals surface area contributed by atoms with Gasteiger partial charge in [-0.1, -0.05) is 38.4 Å². The Kier molecular flexibility index (Phi) is 3.81. The molecule has 20 heavy (non-hydrogen) atoms. The van der Waals surface area contributed by atoms with Crippen molar-refractivity contribution in [2.75, 3.05) is 5.32 Å². The van der Waals surface area contributed by atoms with Gasteiger partial charge in [0.05, 0.1) is 10.6 Å². The number of H-pyrrole nitrogens is 1. The summed E-state index contributed by atoms with van der Waals surface area (Å²) in [5, 5.41) is 9.25. The Labute approximate surface area is 121 Å². The Morgan fingerprint density at radius 1 is 1.40 bits per heavy atom. The van der Waals surface area contributed by atoms with Gasteiger partial charge in [-0.3, -0.25) is 9.89 Å². The van der Waals surface area contributed by atoms with Crippen LogP contribution in [0.3, 0.4) is 0 Å². The smallest absolute Gasteiger partial charge is 0.258 e. The summed E-state index contributed by atoms with van der Waals surface area (Å²) in [6.45, 7) is 6.07. The van der Waals surface area contributed by atoms with Crippen molar-refractivity contribution >= 4 is 23.3 Å². The molecule has 0 aliphatic heterocycles. The molecule has 0 aliphatic carbocycles. The van der Waals surface area contributed by atoms with Crippen LogP contribution in [-0.2, 0) is 5.41 Å². The second kappa shape index (κ2) is 5.25. The normalized spacial score (nSPS) is 11.4. The summed E-state index contributed by atoms with van der Waals surface area (Å²) in [5.74, 6) is -0.751. The van der Waals surface area contributed by atoms with Crippen LogP contribution in [0, 0.1) is 5.82 Å². The summed E-state index contributed by atoms with van der Waals surface area (Å²) < 4.78 is 13.3. The standard InChI is InChI=1S/C14H15ClFN3O/c1-14(2,3)10-7-11(19-18-10)17-13(20)8-5-4-6-9(16)12(8)15/h4-7H,1-3H3,(H2,17,18,19,20). The largest absolute Gasteiger partial charge is 0.305 e. The van der Waals surface area contributed by atoms with Gasteiger partial charge in [-0.2, -0.15) is 5.10 Å². The molecule has 2 rings (SSSR count). The number of halogens is 2. The van der Waals surface area contributed by atoms with Gasteiger partial charge in [-0.05, 0) is 12.1 Å². The van der Waals surface area contributed by atoms with Crippen LogP contribution in [0.1, 0.15) is 36.8 Å². The van der Waals surface area contributed by atoms with Crippen LogP contribution in [0.25, 0.3) is 0 Å². The van der Waals surface area contributed by atoms with Crippen LogP contribution in [0.4, 0.5) is 10.2 Å². The molecule has 2 N–H and O–H groups in total. The van der Waals surface area contributed by atoms with Gasteiger partial charge in [0.15, 0.2) is 5.82 Å². The highest BCUT2D eigenvalue weighted by Gasteiger charge is 2.19. The van der Waals surface area contributed by atoms with Crippen molar-refractivity contribution in [3.63, 3.8) is 0 Å². The molecular weight excluding hydrogens is 281 g/mol. The fraction of sp³-hybridized carbons (Fsp3) is 0.286. The van der Waals surface area contributed by atoms with E-state index < -0.39 is 11.7 Å². The van der Waals surface area contributed by atoms with E-state index in [1.807, 2.05) is 20.8 Å². The Morgan fingerprint density at radius 2 is 2.10 bits per heavy atom. The summed E-state index contributed by atoms with van der Waals surface area (Å²) in [7, 11) is 0. The van der Waals surface area contributed by atoms with Gasteiger partial charge in [0.2, 0.25) is 0 Å². The van der Waals surface area contributed by atoms with E-state index >= 15 is 0 Å². The molecule has 0 unspecified atom stereocenters. The molecule has 0 bridgehead atoms. The molecule has 1 heterocycles. The Morgan fingerprint density at radius 3 is 2.70 bits per heavy atom. The van der Waals surface area contributed by atoms with E-state index in [9.17, 15) is 9.18 Å². The van der Waals surface area contributed by atoms with Crippen LogP contribution in [0.2, 0.25) is 5.02 Å². The quantitative estimate of drug-likeness (QED) is 0.886. The number of benzene rings is 1. The van der Waals surface area contributed by atoms with Crippen molar-refractivity contribution in [2.45, 2.75) is 26.2 Å². The minimum atomic E-state index is -0.628. The second-order valence-corrected chi connectivity index (χ2v) is 5.85. The molecule has 0 atom stereocenters. The monoisotopic (exact) mass is 295 g/mol. The Bertz CT molecular complexity index is 646. The lowest BCUT2D eigenvalue weighted by Crippen LogP contribution is -2.13. The first-order chi connectivity index (χ1) is 9.29. The summed E-state index contributed by atoms with van der Waals surface area (Å²) in [4.78, 5) is 12.0. The number of anilines is 1. The van der Waals surface area contributed by atoms with E-state index in [1.165, 1.54) is 18.2 Å². The maximum Gasteiger partial charge on any atom is 0.258 e. The highest BCUT2D eigenvalue weighted by molar-refractivity contribution is 6.34. The van der Waals surface area contributed by atoms with Gasteiger partial charge in [0, 0.05) is 17.2 Å². The average Bonchev–Trinajstić information content (AvgIpc) is 2.81. The summed E-state index contributed by atoms with van der Waals surface area (Å²) >= 11 is 5.77. The molecule has 0 saturated carbocycles. The average molecular weight is 296 g/mol. The van der Waals surface area contributed by atoms with Gasteiger partial charge in [-0.15, -0.1) is 0 Å². The van der Waals surface area contributed by atoms with Crippen LogP contribution in [0.15, 0.2) is 24.3 Å². The minimum absolute atomic E-state index is 0.0759. The summed E-state index contributed by atoms with van der Waals surface area (Å²) in [6.07, 6.45) is 0. The van der Waals surface area contributed by atoms with E-state index in [-0.39, 0.29) is 16.0 Å². The van der Waals surface area contributed by atoms with Gasteiger partial charge in [-0.25, -0.2) is 4.39 Å². The Balaban J connectivity index is 2.20. The number of hydrogen-bond donors (Lipinski definition) is 2. The lowest BCUT2D eigenvalue weighted by Gasteiger charge is -2.14. The van der Waals surface area contributed by atoms with Crippen molar-refractivity contribution in [1.29, 1.82) is 0 Å². The molecule has 0 spiro atoms. The van der Waals surface area contributed by atoms with Gasteiger partial charge >= 0.3 is 0 Å². The number of nitrogens with one attached hydrogen (secondary N) is 2. The van der Waals surface area contributed by atoms with Crippen molar-refractivity contribution < 1.29 is 9.18 Å². The molecular formula is C14H15ClFN3O. The number of hydrogen-bond acceptors (Lipinski definition) is 2. The van der Waals surface area contributed by atoms with Crippen molar-refractivity contribution in [1.82, 2.24) is 10.2 Å². The first kappa shape index (κ1) is 14.5. The molecule has 0 saturated heterocycles. The van der Waals surface area contributed by atoms with E-state index in [4.69, 9.17) is 11.6 Å². The SMILES string of the molecule is CC(C)(C)c1cc(NC(=O)c2cccc(F)c2Cl)n[nH]1. The molecule has 0 aliphatic rings. The van der Waals surface area contributed by atoms with Crippen LogP contribution >= 0.6 is 11.6 Å². The second-order valence-electron chi connectivity index (χ2n) is 5.47. The van der Waals surface area contributed by atoms with E-state index in [0.29, 0.717) is 5.82 Å². The summed E-state index contributed by atoms with van der Waals surface area (Å²) in [5.41, 5.74) is 0.858. The van der Waals surface area contributed by atoms with Crippen molar-refractivity contribution in [2.24, 2.45) is 0 Å². The zero-order valence-electron chi connectivity index (χ0n) is 11.4. The number of carbonyl (C=O) groups excluding carboxylic acids is 1. The highest BCUT2D eigenvalue weighted by atomic mass is 35.5. The van der Waals surface area contributed by atoms with Gasteiger partial charge < -0.3 is 5.32 Å². The molecule has 106 valence electrons. The highest BCUT2D eigenvalue weighted by Crippen LogP contribution is 2.23. The Hall–Kier alpha value is -1.88. The third-order valence-electron chi connectivity index (χ3n) is 2.82. The maximum atomic E-state index is 13.3. The molecule has 1 aromatic heterocycles. The molecule has 0 radical (unpaired) electrons. The molecule has 1 aromatic carbocycles. The predicted octanol–water partition coefficient (Wildman–Crippen LogP) is 3.75. The third-order valence-corrected chi connectivity index (χ3v) is 3.21. The van der Waals surface area contributed by atoms with Crippen molar-refractivity contribution in [3.05, 3.63) is 46.4 Å². The van der Waals surface area contributed by atoms with E-state index in [2.05, 4.69) is 15.5 Å². The number of nitrogens with zero attached hydrogens (tertiary/aromatic N) is 1. The van der Waals surface area contributed by atoms with Crippen molar-refractivity contribution in [3.8, 4) is 0 Å². The molecule has 0 fully saturated rings. The number of aromatic amines is 1. The minimum Gasteiger partial charge on any atom is -0.305 e. The number of amides is 1. The lowest BCUT2D eigenvalue weighted by atomic mass is 9.92. The summed E-state index contributed by atoms with van der Waals surface area (Å²) in [6, 6.07) is 5.83. The van der Waals surface area contributed by atoms with Crippen LogP contribution < -0.4 is 5.32 Å². The zero-order valence-corrected chi connectivity index (χ0v) is 12.2. The number of aromatic nitrogens is 2. The zero-order chi connectivity index (χ0) is 14.9. The first-order valence-corrected chi connectivity index (χ1v) is 6.48. The van der Waals surface area contributed by atoms with Gasteiger partial charge in [0.1, 0.15) is 5.82 Å². The molecule has 6 heteroatoms.